The summed E-state index contributed by atoms with van der Waals surface area (Å²) < 4.78 is 33.9. The number of phenols is 2. The van der Waals surface area contributed by atoms with E-state index in [1.807, 2.05) is 0 Å². The molecule has 11 nitrogen and oxygen atoms in total. The Balaban J connectivity index is 1.64. The number of fused-ring (bicyclic) bond motifs is 1. The van der Waals surface area contributed by atoms with Gasteiger partial charge >= 0.3 is 0 Å². The van der Waals surface area contributed by atoms with Crippen LogP contribution in [0, 0.1) is 11.6 Å². The van der Waals surface area contributed by atoms with Crippen LogP contribution in [0.4, 0.5) is 14.6 Å². The van der Waals surface area contributed by atoms with E-state index in [9.17, 15) is 34.3 Å². The Morgan fingerprint density at radius 2 is 1.77 bits per heavy atom. The number of nitrogens with zero attached hydrogens (tertiary/aromatic N) is 4. The van der Waals surface area contributed by atoms with Gasteiger partial charge in [0.25, 0.3) is 0 Å². The second-order valence-corrected chi connectivity index (χ2v) is 6.64. The Morgan fingerprint density at radius 3 is 2.40 bits per heavy atom. The third kappa shape index (κ3) is 3.17. The third-order valence-corrected chi connectivity index (χ3v) is 4.86. The van der Waals surface area contributed by atoms with E-state index in [0.29, 0.717) is 6.07 Å². The number of hydrogen-bond donors (Lipinski definition) is 6. The maximum Gasteiger partial charge on any atom is 0.168 e. The molecule has 3 aromatic rings. The molecule has 3 heterocycles. The van der Waals surface area contributed by atoms with Gasteiger partial charge in [0.1, 0.15) is 24.6 Å². The zero-order valence-electron chi connectivity index (χ0n) is 15.1. The number of phenolic OH excluding ortho intramolecular Hbond substituents is 2. The summed E-state index contributed by atoms with van der Waals surface area (Å²) in [5.41, 5.74) is -0.0329. The highest BCUT2D eigenvalue weighted by Crippen LogP contribution is 2.34. The molecule has 2 aromatic heterocycles. The van der Waals surface area contributed by atoms with Crippen molar-refractivity contribution < 1.29 is 39.1 Å². The van der Waals surface area contributed by atoms with E-state index >= 15 is 0 Å². The number of aromatic hydroxyl groups is 2. The number of benzene rings is 1. The molecule has 4 rings (SSSR count). The number of anilines is 1. The normalized spacial score (nSPS) is 23.9. The Bertz CT molecular complexity index is 1070. The van der Waals surface area contributed by atoms with Crippen LogP contribution >= 0.6 is 0 Å². The first-order chi connectivity index (χ1) is 14.3. The van der Waals surface area contributed by atoms with Crippen LogP contribution in [0.3, 0.4) is 0 Å². The Morgan fingerprint density at radius 1 is 1.07 bits per heavy atom. The van der Waals surface area contributed by atoms with Gasteiger partial charge in [-0.2, -0.15) is 0 Å². The van der Waals surface area contributed by atoms with Crippen molar-refractivity contribution >= 4 is 17.0 Å². The van der Waals surface area contributed by atoms with Crippen molar-refractivity contribution in [3.05, 3.63) is 35.9 Å². The Hall–Kier alpha value is -3.13. The molecule has 4 atom stereocenters. The van der Waals surface area contributed by atoms with E-state index in [-0.39, 0.29) is 23.5 Å². The molecule has 0 saturated carbocycles. The topological polar surface area (TPSA) is 166 Å². The molecule has 0 amide bonds. The van der Waals surface area contributed by atoms with Crippen LogP contribution in [-0.4, -0.2) is 70.0 Å². The van der Waals surface area contributed by atoms with Gasteiger partial charge in [0, 0.05) is 12.6 Å². The molecule has 1 aliphatic rings. The number of nitrogens with one attached hydrogen (secondary N) is 1. The van der Waals surface area contributed by atoms with Crippen molar-refractivity contribution in [2.75, 3.05) is 11.9 Å². The third-order valence-electron chi connectivity index (χ3n) is 4.86. The average Bonchev–Trinajstić information content (AvgIpc) is 3.28. The summed E-state index contributed by atoms with van der Waals surface area (Å²) in [7, 11) is 0. The number of rotatable bonds is 5. The smallest absolute Gasteiger partial charge is 0.168 e. The van der Waals surface area contributed by atoms with Crippen LogP contribution in [0.15, 0.2) is 18.7 Å². The molecule has 1 fully saturated rings. The van der Waals surface area contributed by atoms with Gasteiger partial charge in [0.15, 0.2) is 46.3 Å². The first-order valence-electron chi connectivity index (χ1n) is 8.76. The van der Waals surface area contributed by atoms with E-state index in [4.69, 9.17) is 4.74 Å². The lowest BCUT2D eigenvalue weighted by Crippen LogP contribution is -2.33. The van der Waals surface area contributed by atoms with Gasteiger partial charge in [0.05, 0.1) is 18.5 Å². The number of halogens is 2. The molecule has 13 heteroatoms. The molecule has 0 unspecified atom stereocenters. The highest BCUT2D eigenvalue weighted by atomic mass is 19.1. The molecule has 0 bridgehead atoms. The number of hydrogen-bond acceptors (Lipinski definition) is 10. The minimum absolute atomic E-state index is 0.106. The molecular weight excluding hydrogens is 408 g/mol. The molecule has 1 saturated heterocycles. The summed E-state index contributed by atoms with van der Waals surface area (Å²) >= 11 is 0. The number of ether oxygens (including phenoxy) is 1. The van der Waals surface area contributed by atoms with E-state index in [2.05, 4.69) is 20.3 Å². The Kier molecular flexibility index (Phi) is 5.11. The van der Waals surface area contributed by atoms with Crippen LogP contribution in [0.25, 0.3) is 11.2 Å². The van der Waals surface area contributed by atoms with Crippen LogP contribution in [-0.2, 0) is 11.3 Å². The van der Waals surface area contributed by atoms with E-state index in [1.54, 1.807) is 0 Å². The van der Waals surface area contributed by atoms with E-state index in [0.717, 1.165) is 6.33 Å². The molecule has 0 aliphatic carbocycles. The summed E-state index contributed by atoms with van der Waals surface area (Å²) in [5.74, 6) is -4.19. The second kappa shape index (κ2) is 7.60. The maximum absolute atomic E-state index is 13.6. The van der Waals surface area contributed by atoms with Crippen LogP contribution in [0.5, 0.6) is 11.5 Å². The largest absolute Gasteiger partial charge is 0.504 e. The highest BCUT2D eigenvalue weighted by molar-refractivity contribution is 5.82. The van der Waals surface area contributed by atoms with Crippen LogP contribution < -0.4 is 5.32 Å². The van der Waals surface area contributed by atoms with Crippen molar-refractivity contribution in [2.45, 2.75) is 31.1 Å². The fourth-order valence-electron chi connectivity index (χ4n) is 3.27. The number of aliphatic hydroxyl groups excluding tert-OH is 3. The first-order valence-corrected chi connectivity index (χ1v) is 8.76. The number of aromatic nitrogens is 4. The summed E-state index contributed by atoms with van der Waals surface area (Å²) in [6.07, 6.45) is -2.30. The summed E-state index contributed by atoms with van der Waals surface area (Å²) in [5, 5.41) is 51.6. The predicted octanol–water partition coefficient (Wildman–Crippen LogP) is -0.261. The molecule has 160 valence electrons. The fourth-order valence-corrected chi connectivity index (χ4v) is 3.27. The lowest BCUT2D eigenvalue weighted by atomic mass is 10.1. The molecular formula is C17H17F2N5O6. The van der Waals surface area contributed by atoms with Crippen LogP contribution in [0.1, 0.15) is 11.8 Å². The lowest BCUT2D eigenvalue weighted by Gasteiger charge is -2.16. The molecule has 1 aromatic carbocycles. The van der Waals surface area contributed by atoms with Gasteiger partial charge in [-0.3, -0.25) is 4.57 Å². The molecule has 1 aliphatic heterocycles. The van der Waals surface area contributed by atoms with Gasteiger partial charge < -0.3 is 35.6 Å². The zero-order valence-corrected chi connectivity index (χ0v) is 15.1. The van der Waals surface area contributed by atoms with Crippen molar-refractivity contribution in [3.8, 4) is 11.5 Å². The first kappa shape index (κ1) is 20.2. The minimum Gasteiger partial charge on any atom is -0.504 e. The SMILES string of the molecule is OC[C@H]1O[C@@H](n2cnc3c(NCc4c(O)c(F)cc(F)c4O)ncnc32)[C@H](O)[C@@H]1O. The Labute approximate surface area is 166 Å². The zero-order chi connectivity index (χ0) is 21.6. The van der Waals surface area contributed by atoms with Crippen LogP contribution in [0.2, 0.25) is 0 Å². The molecule has 30 heavy (non-hydrogen) atoms. The highest BCUT2D eigenvalue weighted by Gasteiger charge is 2.44. The standard InChI is InChI=1S/C17H17F2N5O6/c18-7-1-8(19)12(27)6(11(7)26)2-20-15-10-16(22-4-21-15)24(5-23-10)17-14(29)13(28)9(3-25)30-17/h1,4-5,9,13-14,17,25-29H,2-3H2,(H,20,21,22)/t9-,13-,14-,17-/m1/s1. The fraction of sp³-hybridized carbons (Fsp3) is 0.353. The molecule has 0 spiro atoms. The van der Waals surface area contributed by atoms with E-state index in [1.165, 1.54) is 10.9 Å². The number of imidazole rings is 1. The van der Waals surface area contributed by atoms with Gasteiger partial charge in [-0.15, -0.1) is 0 Å². The van der Waals surface area contributed by atoms with E-state index < -0.39 is 59.8 Å². The van der Waals surface area contributed by atoms with Crippen molar-refractivity contribution in [3.63, 3.8) is 0 Å². The summed E-state index contributed by atoms with van der Waals surface area (Å²) in [6, 6.07) is 0.361. The quantitative estimate of drug-likeness (QED) is 0.321. The van der Waals surface area contributed by atoms with Gasteiger partial charge in [-0.05, 0) is 0 Å². The monoisotopic (exact) mass is 425 g/mol. The minimum atomic E-state index is -1.35. The molecule has 6 N–H and O–H groups in total. The molecule has 0 radical (unpaired) electrons. The predicted molar refractivity (Wildman–Crippen MR) is 95.3 cm³/mol. The maximum atomic E-state index is 13.6. The van der Waals surface area contributed by atoms with Gasteiger partial charge in [-0.1, -0.05) is 0 Å². The summed E-state index contributed by atoms with van der Waals surface area (Å²) in [6.45, 7) is -0.889. The van der Waals surface area contributed by atoms with Crippen molar-refractivity contribution in [1.29, 1.82) is 0 Å². The van der Waals surface area contributed by atoms with Crippen molar-refractivity contribution in [2.24, 2.45) is 0 Å². The average molecular weight is 425 g/mol. The van der Waals surface area contributed by atoms with Gasteiger partial charge in [0.2, 0.25) is 0 Å². The number of aliphatic hydroxyl groups is 3. The second-order valence-electron chi connectivity index (χ2n) is 6.64. The van der Waals surface area contributed by atoms with Gasteiger partial charge in [-0.25, -0.2) is 23.7 Å². The van der Waals surface area contributed by atoms with Crippen molar-refractivity contribution in [1.82, 2.24) is 19.5 Å². The lowest BCUT2D eigenvalue weighted by molar-refractivity contribution is -0.0511. The summed E-state index contributed by atoms with van der Waals surface area (Å²) in [4.78, 5) is 12.2.